The molecule has 23 heavy (non-hydrogen) atoms. The minimum absolute atomic E-state index is 0.0478. The van der Waals surface area contributed by atoms with E-state index in [-0.39, 0.29) is 23.5 Å². The lowest BCUT2D eigenvalue weighted by Gasteiger charge is -2.56. The van der Waals surface area contributed by atoms with Gasteiger partial charge in [0.1, 0.15) is 0 Å². The Morgan fingerprint density at radius 3 is 2.65 bits per heavy atom. The number of aromatic nitrogens is 1. The predicted molar refractivity (Wildman–Crippen MR) is 87.3 cm³/mol. The van der Waals surface area contributed by atoms with Gasteiger partial charge in [-0.2, -0.15) is 0 Å². The fourth-order valence-electron chi connectivity index (χ4n) is 4.03. The van der Waals surface area contributed by atoms with Crippen molar-refractivity contribution in [1.29, 1.82) is 0 Å². The Morgan fingerprint density at radius 1 is 1.39 bits per heavy atom. The highest BCUT2D eigenvalue weighted by Gasteiger charge is 2.56. The largest absolute Gasteiger partial charge is 0.392 e. The summed E-state index contributed by atoms with van der Waals surface area (Å²) in [6, 6.07) is 3.75. The van der Waals surface area contributed by atoms with Gasteiger partial charge in [0.05, 0.1) is 23.5 Å². The number of pyridine rings is 1. The summed E-state index contributed by atoms with van der Waals surface area (Å²) in [5.41, 5.74) is 2.25. The Hall–Kier alpha value is -1.46. The van der Waals surface area contributed by atoms with Crippen molar-refractivity contribution in [3.63, 3.8) is 0 Å². The van der Waals surface area contributed by atoms with Crippen LogP contribution in [0.15, 0.2) is 12.1 Å². The molecule has 2 aliphatic rings. The van der Waals surface area contributed by atoms with Gasteiger partial charge in [0, 0.05) is 37.2 Å². The molecule has 1 aromatic rings. The zero-order valence-corrected chi connectivity index (χ0v) is 14.2. The van der Waals surface area contributed by atoms with Crippen molar-refractivity contribution in [2.75, 3.05) is 19.7 Å². The van der Waals surface area contributed by atoms with Crippen LogP contribution in [0.5, 0.6) is 0 Å². The van der Waals surface area contributed by atoms with E-state index in [9.17, 15) is 9.90 Å². The van der Waals surface area contributed by atoms with Gasteiger partial charge in [0.2, 0.25) is 0 Å². The first-order valence-electron chi connectivity index (χ1n) is 8.51. The molecule has 0 aromatic carbocycles. The molecule has 2 fully saturated rings. The second kappa shape index (κ2) is 6.21. The first kappa shape index (κ1) is 16.4. The van der Waals surface area contributed by atoms with Crippen molar-refractivity contribution in [2.45, 2.75) is 52.2 Å². The molecule has 1 aromatic heterocycles. The quantitative estimate of drug-likeness (QED) is 0.927. The van der Waals surface area contributed by atoms with Crippen molar-refractivity contribution in [3.8, 4) is 0 Å². The number of rotatable bonds is 3. The summed E-state index contributed by atoms with van der Waals surface area (Å²) in [5, 5.41) is 10.2. The van der Waals surface area contributed by atoms with Crippen LogP contribution in [0, 0.1) is 19.3 Å². The predicted octanol–water partition coefficient (Wildman–Crippen LogP) is 2.09. The van der Waals surface area contributed by atoms with E-state index in [0.29, 0.717) is 25.3 Å². The van der Waals surface area contributed by atoms with E-state index in [0.717, 1.165) is 30.7 Å². The fourth-order valence-corrected chi connectivity index (χ4v) is 4.03. The molecular weight excluding hydrogens is 292 g/mol. The molecule has 1 N–H and O–H groups in total. The Morgan fingerprint density at radius 2 is 2.09 bits per heavy atom. The summed E-state index contributed by atoms with van der Waals surface area (Å²) < 4.78 is 5.78. The van der Waals surface area contributed by atoms with Crippen LogP contribution in [-0.2, 0) is 4.74 Å². The monoisotopic (exact) mass is 318 g/mol. The summed E-state index contributed by atoms with van der Waals surface area (Å²) in [6.07, 6.45) is 2.19. The van der Waals surface area contributed by atoms with E-state index in [1.165, 1.54) is 0 Å². The van der Waals surface area contributed by atoms with Crippen LogP contribution in [0.25, 0.3) is 0 Å². The number of hydrogen-bond acceptors (Lipinski definition) is 4. The maximum atomic E-state index is 12.7. The molecule has 1 amide bonds. The summed E-state index contributed by atoms with van der Waals surface area (Å²) in [6.45, 7) is 7.82. The van der Waals surface area contributed by atoms with E-state index in [1.807, 2.05) is 37.8 Å². The van der Waals surface area contributed by atoms with Crippen molar-refractivity contribution >= 4 is 5.91 Å². The number of aliphatic hydroxyl groups excluding tert-OH is 1. The van der Waals surface area contributed by atoms with Gasteiger partial charge in [0.15, 0.2) is 0 Å². The van der Waals surface area contributed by atoms with E-state index < -0.39 is 0 Å². The number of piperidine rings is 1. The average molecular weight is 318 g/mol. The molecule has 2 atom stereocenters. The summed E-state index contributed by atoms with van der Waals surface area (Å²) in [4.78, 5) is 19.0. The van der Waals surface area contributed by atoms with Gasteiger partial charge in [-0.05, 0) is 45.7 Å². The summed E-state index contributed by atoms with van der Waals surface area (Å²) in [5.74, 6) is 0.0478. The maximum absolute atomic E-state index is 12.7. The molecule has 1 saturated heterocycles. The zero-order chi connectivity index (χ0) is 16.6. The molecule has 3 rings (SSSR count). The van der Waals surface area contributed by atoms with Gasteiger partial charge in [-0.15, -0.1) is 0 Å². The molecule has 5 nitrogen and oxygen atoms in total. The van der Waals surface area contributed by atoms with E-state index in [1.54, 1.807) is 0 Å². The normalized spacial score (nSPS) is 26.2. The lowest BCUT2D eigenvalue weighted by molar-refractivity contribution is -0.207. The van der Waals surface area contributed by atoms with Crippen LogP contribution >= 0.6 is 0 Å². The van der Waals surface area contributed by atoms with Crippen LogP contribution in [0.1, 0.15) is 47.9 Å². The molecule has 0 bridgehead atoms. The Balaban J connectivity index is 1.68. The standard InChI is InChI=1S/C18H26N2O3/c1-4-23-16-11-15(21)18(16)7-9-20(10-8-18)17(22)14-6-5-12(2)19-13(14)3/h5-6,15-16,21H,4,7-11H2,1-3H3/t15-,16+/m1/s1. The molecule has 1 aliphatic heterocycles. The van der Waals surface area contributed by atoms with E-state index in [2.05, 4.69) is 4.98 Å². The fraction of sp³-hybridized carbons (Fsp3) is 0.667. The Bertz CT molecular complexity index is 592. The van der Waals surface area contributed by atoms with Crippen LogP contribution in [0.3, 0.4) is 0 Å². The number of aliphatic hydroxyl groups is 1. The highest BCUT2D eigenvalue weighted by atomic mass is 16.5. The third kappa shape index (κ3) is 2.76. The summed E-state index contributed by atoms with van der Waals surface area (Å²) >= 11 is 0. The first-order valence-corrected chi connectivity index (χ1v) is 8.51. The van der Waals surface area contributed by atoms with E-state index in [4.69, 9.17) is 4.74 Å². The number of carbonyl (C=O) groups excluding carboxylic acids is 1. The van der Waals surface area contributed by atoms with Crippen molar-refractivity contribution < 1.29 is 14.6 Å². The molecule has 5 heteroatoms. The Labute approximate surface area is 137 Å². The Kier molecular flexibility index (Phi) is 4.43. The molecule has 0 unspecified atom stereocenters. The molecule has 1 aliphatic carbocycles. The highest BCUT2D eigenvalue weighted by Crippen LogP contribution is 2.51. The van der Waals surface area contributed by atoms with Gasteiger partial charge in [-0.1, -0.05) is 0 Å². The van der Waals surface area contributed by atoms with Gasteiger partial charge >= 0.3 is 0 Å². The van der Waals surface area contributed by atoms with Gasteiger partial charge < -0.3 is 14.7 Å². The highest BCUT2D eigenvalue weighted by molar-refractivity contribution is 5.95. The van der Waals surface area contributed by atoms with Gasteiger partial charge in [-0.25, -0.2) is 0 Å². The maximum Gasteiger partial charge on any atom is 0.255 e. The minimum atomic E-state index is -0.293. The van der Waals surface area contributed by atoms with Crippen LogP contribution in [0.2, 0.25) is 0 Å². The van der Waals surface area contributed by atoms with Crippen LogP contribution < -0.4 is 0 Å². The number of aryl methyl sites for hydroxylation is 2. The summed E-state index contributed by atoms with van der Waals surface area (Å²) in [7, 11) is 0. The number of ether oxygens (including phenoxy) is 1. The molecular formula is C18H26N2O3. The van der Waals surface area contributed by atoms with Crippen molar-refractivity contribution in [1.82, 2.24) is 9.88 Å². The number of likely N-dealkylation sites (tertiary alicyclic amines) is 1. The van der Waals surface area contributed by atoms with E-state index >= 15 is 0 Å². The van der Waals surface area contributed by atoms with Crippen LogP contribution in [0.4, 0.5) is 0 Å². The molecule has 1 saturated carbocycles. The average Bonchev–Trinajstić information content (AvgIpc) is 2.54. The lowest BCUT2D eigenvalue weighted by Crippen LogP contribution is -2.62. The number of nitrogens with zero attached hydrogens (tertiary/aromatic N) is 2. The topological polar surface area (TPSA) is 62.7 Å². The molecule has 1 spiro atoms. The second-order valence-corrected chi connectivity index (χ2v) is 6.81. The van der Waals surface area contributed by atoms with Gasteiger partial charge in [-0.3, -0.25) is 9.78 Å². The van der Waals surface area contributed by atoms with Crippen molar-refractivity contribution in [3.05, 3.63) is 29.1 Å². The second-order valence-electron chi connectivity index (χ2n) is 6.81. The number of hydrogen-bond donors (Lipinski definition) is 1. The molecule has 126 valence electrons. The SMILES string of the molecule is CCO[C@H]1C[C@@H](O)C12CCN(C(=O)c1ccc(C)nc1C)CC2. The molecule has 2 heterocycles. The smallest absolute Gasteiger partial charge is 0.255 e. The number of amides is 1. The molecule has 0 radical (unpaired) electrons. The minimum Gasteiger partial charge on any atom is -0.392 e. The first-order chi connectivity index (χ1) is 11.0. The number of carbonyl (C=O) groups is 1. The third-order valence-electron chi connectivity index (χ3n) is 5.55. The third-order valence-corrected chi connectivity index (χ3v) is 5.55. The lowest BCUT2D eigenvalue weighted by atomic mass is 9.58. The van der Waals surface area contributed by atoms with Crippen LogP contribution in [-0.4, -0.2) is 52.8 Å². The van der Waals surface area contributed by atoms with Gasteiger partial charge in [0.25, 0.3) is 5.91 Å². The zero-order valence-electron chi connectivity index (χ0n) is 14.2. The van der Waals surface area contributed by atoms with Crippen molar-refractivity contribution in [2.24, 2.45) is 5.41 Å².